The van der Waals surface area contributed by atoms with Gasteiger partial charge in [0.1, 0.15) is 42.6 Å². The summed E-state index contributed by atoms with van der Waals surface area (Å²) in [7, 11) is 0. The van der Waals surface area contributed by atoms with Crippen molar-refractivity contribution in [3.8, 4) is 28.7 Å². The van der Waals surface area contributed by atoms with E-state index in [1.54, 1.807) is 24.3 Å². The van der Waals surface area contributed by atoms with E-state index in [1.807, 2.05) is 91.0 Å². The van der Waals surface area contributed by atoms with Gasteiger partial charge >= 0.3 is 0 Å². The first-order valence-corrected chi connectivity index (χ1v) is 13.5. The summed E-state index contributed by atoms with van der Waals surface area (Å²) in [6, 6.07) is 36.7. The zero-order valence-corrected chi connectivity index (χ0v) is 22.9. The fourth-order valence-corrected chi connectivity index (χ4v) is 4.25. The van der Waals surface area contributed by atoms with Crippen molar-refractivity contribution in [3.05, 3.63) is 155 Å². The van der Waals surface area contributed by atoms with Crippen LogP contribution in [0.15, 0.2) is 127 Å². The number of phenolic OH excluding ortho intramolecular Hbond substituents is 2. The Morgan fingerprint density at radius 2 is 1.10 bits per heavy atom. The van der Waals surface area contributed by atoms with Gasteiger partial charge in [-0.1, -0.05) is 103 Å². The van der Waals surface area contributed by atoms with Gasteiger partial charge < -0.3 is 24.4 Å². The lowest BCUT2D eigenvalue weighted by Gasteiger charge is -2.15. The molecule has 0 aliphatic carbocycles. The van der Waals surface area contributed by atoms with E-state index >= 15 is 0 Å². The van der Waals surface area contributed by atoms with Crippen molar-refractivity contribution in [2.75, 3.05) is 0 Å². The van der Waals surface area contributed by atoms with E-state index in [0.717, 1.165) is 16.7 Å². The third-order valence-corrected chi connectivity index (χ3v) is 6.43. The minimum absolute atomic E-state index is 0.0151. The summed E-state index contributed by atoms with van der Waals surface area (Å²) in [6.45, 7) is 0.809. The van der Waals surface area contributed by atoms with Gasteiger partial charge in [-0.2, -0.15) is 0 Å². The van der Waals surface area contributed by atoms with Crippen LogP contribution in [0.1, 0.15) is 32.6 Å². The maximum absolute atomic E-state index is 13.3. The van der Waals surface area contributed by atoms with Gasteiger partial charge in [0.15, 0.2) is 17.3 Å². The fraction of sp³-hybridized carbons (Fsp3) is 0.0833. The number of rotatable bonds is 12. The molecule has 6 heteroatoms. The van der Waals surface area contributed by atoms with Crippen molar-refractivity contribution in [1.29, 1.82) is 0 Å². The molecule has 0 radical (unpaired) electrons. The number of carbonyl (C=O) groups is 1. The Bertz CT molecular complexity index is 1650. The summed E-state index contributed by atoms with van der Waals surface area (Å²) in [4.78, 5) is 13.3. The van der Waals surface area contributed by atoms with E-state index in [9.17, 15) is 15.0 Å². The van der Waals surface area contributed by atoms with Crippen LogP contribution >= 0.6 is 0 Å². The number of phenols is 2. The van der Waals surface area contributed by atoms with Crippen LogP contribution in [0.5, 0.6) is 28.7 Å². The highest BCUT2D eigenvalue weighted by atomic mass is 16.5. The third kappa shape index (κ3) is 7.58. The number of allylic oxidation sites excluding steroid dienone is 1. The van der Waals surface area contributed by atoms with E-state index in [0.29, 0.717) is 30.3 Å². The summed E-state index contributed by atoms with van der Waals surface area (Å²) in [5, 5.41) is 21.4. The number of aromatic hydroxyl groups is 2. The number of hydrogen-bond donors (Lipinski definition) is 2. The Kier molecular flexibility index (Phi) is 9.17. The van der Waals surface area contributed by atoms with Crippen LogP contribution in [0.2, 0.25) is 0 Å². The van der Waals surface area contributed by atoms with E-state index in [1.165, 1.54) is 18.2 Å². The highest BCUT2D eigenvalue weighted by Crippen LogP contribution is 2.35. The maximum Gasteiger partial charge on any atom is 0.193 e. The second kappa shape index (κ2) is 13.7. The van der Waals surface area contributed by atoms with Gasteiger partial charge in [-0.05, 0) is 40.5 Å². The topological polar surface area (TPSA) is 85.2 Å². The molecule has 5 aromatic rings. The molecule has 5 aromatic carbocycles. The quantitative estimate of drug-likeness (QED) is 0.120. The molecule has 0 aliphatic rings. The average molecular weight is 559 g/mol. The van der Waals surface area contributed by atoms with Crippen LogP contribution in [0.4, 0.5) is 0 Å². The van der Waals surface area contributed by atoms with Crippen molar-refractivity contribution in [3.63, 3.8) is 0 Å². The fourth-order valence-electron chi connectivity index (χ4n) is 4.25. The molecule has 0 amide bonds. The second-order valence-electron chi connectivity index (χ2n) is 9.56. The molecule has 0 unspecified atom stereocenters. The SMILES string of the molecule is O=C(/C=C/c1ccc(OCc2ccccc2)c(O)c1)c1c(O)cc(OCc2ccccc2)cc1OCc1ccccc1. The van der Waals surface area contributed by atoms with Gasteiger partial charge in [-0.3, -0.25) is 4.79 Å². The van der Waals surface area contributed by atoms with Gasteiger partial charge in [0.05, 0.1) is 0 Å². The van der Waals surface area contributed by atoms with E-state index in [-0.39, 0.29) is 29.4 Å². The molecule has 42 heavy (non-hydrogen) atoms. The molecule has 0 heterocycles. The zero-order chi connectivity index (χ0) is 29.1. The van der Waals surface area contributed by atoms with Crippen LogP contribution in [0, 0.1) is 0 Å². The molecule has 0 aromatic heterocycles. The second-order valence-corrected chi connectivity index (χ2v) is 9.56. The minimum Gasteiger partial charge on any atom is -0.507 e. The maximum atomic E-state index is 13.3. The van der Waals surface area contributed by atoms with E-state index in [2.05, 4.69) is 0 Å². The molecule has 0 atom stereocenters. The molecule has 0 aliphatic heterocycles. The number of benzene rings is 5. The van der Waals surface area contributed by atoms with Gasteiger partial charge in [-0.15, -0.1) is 0 Å². The van der Waals surface area contributed by atoms with Gasteiger partial charge in [-0.25, -0.2) is 0 Å². The predicted molar refractivity (Wildman–Crippen MR) is 162 cm³/mol. The predicted octanol–water partition coefficient (Wildman–Crippen LogP) is 7.73. The van der Waals surface area contributed by atoms with Crippen molar-refractivity contribution in [2.24, 2.45) is 0 Å². The third-order valence-electron chi connectivity index (χ3n) is 6.43. The molecule has 0 bridgehead atoms. The molecule has 6 nitrogen and oxygen atoms in total. The van der Waals surface area contributed by atoms with Crippen LogP contribution in [0.25, 0.3) is 6.08 Å². The number of carbonyl (C=O) groups excluding carboxylic acids is 1. The monoisotopic (exact) mass is 558 g/mol. The molecule has 5 rings (SSSR count). The number of hydrogen-bond acceptors (Lipinski definition) is 6. The standard InChI is InChI=1S/C36H30O6/c37-31(18-16-26-17-19-34(32(38)20-26)41-24-28-12-6-2-7-13-28)36-33(39)21-30(40-23-27-10-4-1-5-11-27)22-35(36)42-25-29-14-8-3-9-15-29/h1-22,38-39H,23-25H2/b18-16+. The first-order chi connectivity index (χ1) is 20.5. The van der Waals surface area contributed by atoms with Crippen molar-refractivity contribution in [2.45, 2.75) is 19.8 Å². The van der Waals surface area contributed by atoms with E-state index in [4.69, 9.17) is 14.2 Å². The first kappa shape index (κ1) is 28.1. The molecular formula is C36H30O6. The largest absolute Gasteiger partial charge is 0.507 e. The molecule has 0 saturated heterocycles. The smallest absolute Gasteiger partial charge is 0.193 e. The lowest BCUT2D eigenvalue weighted by molar-refractivity contribution is 0.104. The Labute approximate surface area is 244 Å². The van der Waals surface area contributed by atoms with Crippen molar-refractivity contribution in [1.82, 2.24) is 0 Å². The van der Waals surface area contributed by atoms with Crippen LogP contribution in [0.3, 0.4) is 0 Å². The molecule has 210 valence electrons. The Morgan fingerprint density at radius 3 is 1.64 bits per heavy atom. The van der Waals surface area contributed by atoms with Crippen molar-refractivity contribution >= 4 is 11.9 Å². The highest BCUT2D eigenvalue weighted by molar-refractivity contribution is 6.10. The minimum atomic E-state index is -0.464. The Hall–Kier alpha value is -5.49. The molecule has 0 fully saturated rings. The molecule has 0 saturated carbocycles. The van der Waals surface area contributed by atoms with Crippen LogP contribution in [-0.4, -0.2) is 16.0 Å². The van der Waals surface area contributed by atoms with Gasteiger partial charge in [0.2, 0.25) is 0 Å². The highest BCUT2D eigenvalue weighted by Gasteiger charge is 2.19. The summed E-state index contributed by atoms with van der Waals surface area (Å²) in [5.41, 5.74) is 3.45. The van der Waals surface area contributed by atoms with Gasteiger partial charge in [0, 0.05) is 12.1 Å². The van der Waals surface area contributed by atoms with Crippen molar-refractivity contribution < 1.29 is 29.2 Å². The molecular weight excluding hydrogens is 528 g/mol. The summed E-state index contributed by atoms with van der Waals surface area (Å²) in [5.74, 6) is 0.137. The lowest BCUT2D eigenvalue weighted by atomic mass is 10.1. The van der Waals surface area contributed by atoms with Crippen LogP contribution < -0.4 is 14.2 Å². The summed E-state index contributed by atoms with van der Waals surface area (Å²) < 4.78 is 17.6. The Morgan fingerprint density at radius 1 is 0.571 bits per heavy atom. The Balaban J connectivity index is 1.33. The van der Waals surface area contributed by atoms with Gasteiger partial charge in [0.25, 0.3) is 0 Å². The average Bonchev–Trinajstić information content (AvgIpc) is 3.02. The normalized spacial score (nSPS) is 10.9. The first-order valence-electron chi connectivity index (χ1n) is 13.5. The summed E-state index contributed by atoms with van der Waals surface area (Å²) in [6.07, 6.45) is 2.89. The number of ether oxygens (including phenoxy) is 3. The molecule has 0 spiro atoms. The zero-order valence-electron chi connectivity index (χ0n) is 22.9. The summed E-state index contributed by atoms with van der Waals surface area (Å²) >= 11 is 0. The lowest BCUT2D eigenvalue weighted by Crippen LogP contribution is -2.04. The van der Waals surface area contributed by atoms with Crippen LogP contribution in [-0.2, 0) is 19.8 Å². The number of ketones is 1. The molecule has 2 N–H and O–H groups in total. The van der Waals surface area contributed by atoms with E-state index < -0.39 is 5.78 Å².